The highest BCUT2D eigenvalue weighted by molar-refractivity contribution is 8.00. The van der Waals surface area contributed by atoms with Crippen LogP contribution in [0.4, 0.5) is 5.69 Å². The van der Waals surface area contributed by atoms with E-state index in [2.05, 4.69) is 15.3 Å². The molecule has 6 heteroatoms. The minimum Gasteiger partial charge on any atom is -0.495 e. The van der Waals surface area contributed by atoms with Gasteiger partial charge in [0.25, 0.3) is 0 Å². The van der Waals surface area contributed by atoms with E-state index in [0.29, 0.717) is 11.4 Å². The zero-order valence-electron chi connectivity index (χ0n) is 13.4. The normalized spacial score (nSPS) is 11.9. The van der Waals surface area contributed by atoms with Gasteiger partial charge in [0, 0.05) is 5.39 Å². The SMILES string of the molecule is COc1ccccc1NC(=O)C(C)Sc1ncnc2ccccc12. The van der Waals surface area contributed by atoms with E-state index in [4.69, 9.17) is 4.74 Å². The molecule has 0 aliphatic carbocycles. The molecule has 24 heavy (non-hydrogen) atoms. The Morgan fingerprint density at radius 2 is 1.88 bits per heavy atom. The topological polar surface area (TPSA) is 64.1 Å². The van der Waals surface area contributed by atoms with Crippen LogP contribution in [0.15, 0.2) is 59.9 Å². The third-order valence-electron chi connectivity index (χ3n) is 3.53. The second kappa shape index (κ2) is 7.31. The largest absolute Gasteiger partial charge is 0.495 e. The molecule has 1 N–H and O–H groups in total. The van der Waals surface area contributed by atoms with Gasteiger partial charge in [-0.05, 0) is 25.1 Å². The molecule has 1 heterocycles. The first-order valence-electron chi connectivity index (χ1n) is 7.49. The van der Waals surface area contributed by atoms with Gasteiger partial charge in [0.05, 0.1) is 23.6 Å². The quantitative estimate of drug-likeness (QED) is 0.566. The number of ether oxygens (including phenoxy) is 1. The lowest BCUT2D eigenvalue weighted by Crippen LogP contribution is -2.22. The van der Waals surface area contributed by atoms with Crippen LogP contribution in [0, 0.1) is 0 Å². The Morgan fingerprint density at radius 1 is 1.12 bits per heavy atom. The fourth-order valence-corrected chi connectivity index (χ4v) is 3.19. The highest BCUT2D eigenvalue weighted by atomic mass is 32.2. The summed E-state index contributed by atoms with van der Waals surface area (Å²) >= 11 is 1.41. The maximum atomic E-state index is 12.5. The number of amides is 1. The molecule has 5 nitrogen and oxygen atoms in total. The Hall–Kier alpha value is -2.60. The average molecular weight is 339 g/mol. The van der Waals surface area contributed by atoms with Gasteiger partial charge < -0.3 is 10.1 Å². The van der Waals surface area contributed by atoms with Crippen molar-refractivity contribution in [1.29, 1.82) is 0 Å². The number of hydrogen-bond acceptors (Lipinski definition) is 5. The van der Waals surface area contributed by atoms with Crippen LogP contribution in [-0.2, 0) is 4.79 Å². The first-order chi connectivity index (χ1) is 11.7. The van der Waals surface area contributed by atoms with E-state index in [1.807, 2.05) is 55.5 Å². The van der Waals surface area contributed by atoms with Crippen LogP contribution < -0.4 is 10.1 Å². The number of nitrogens with one attached hydrogen (secondary N) is 1. The molecule has 122 valence electrons. The van der Waals surface area contributed by atoms with Crippen LogP contribution in [-0.4, -0.2) is 28.2 Å². The molecular weight excluding hydrogens is 322 g/mol. The third kappa shape index (κ3) is 3.49. The van der Waals surface area contributed by atoms with E-state index >= 15 is 0 Å². The van der Waals surface area contributed by atoms with Crippen LogP contribution in [0.25, 0.3) is 10.9 Å². The maximum Gasteiger partial charge on any atom is 0.237 e. The number of carbonyl (C=O) groups is 1. The molecule has 0 radical (unpaired) electrons. The summed E-state index contributed by atoms with van der Waals surface area (Å²) in [6.45, 7) is 1.85. The fraction of sp³-hybridized carbons (Fsp3) is 0.167. The molecule has 0 aliphatic rings. The van der Waals surface area contributed by atoms with Crippen molar-refractivity contribution in [2.75, 3.05) is 12.4 Å². The fourth-order valence-electron chi connectivity index (χ4n) is 2.28. The Labute approximate surface area is 144 Å². The molecular formula is C18H17N3O2S. The van der Waals surface area contributed by atoms with Crippen molar-refractivity contribution in [3.63, 3.8) is 0 Å². The number of benzene rings is 2. The minimum atomic E-state index is -0.312. The number of nitrogens with zero attached hydrogens (tertiary/aromatic N) is 2. The molecule has 0 saturated carbocycles. The summed E-state index contributed by atoms with van der Waals surface area (Å²) in [7, 11) is 1.58. The summed E-state index contributed by atoms with van der Waals surface area (Å²) in [4.78, 5) is 21.1. The number of para-hydroxylation sites is 3. The predicted molar refractivity (Wildman–Crippen MR) is 96.5 cm³/mol. The van der Waals surface area contributed by atoms with Crippen LogP contribution >= 0.6 is 11.8 Å². The van der Waals surface area contributed by atoms with E-state index in [1.165, 1.54) is 18.1 Å². The third-order valence-corrected chi connectivity index (χ3v) is 4.64. The van der Waals surface area contributed by atoms with Crippen LogP contribution in [0.1, 0.15) is 6.92 Å². The van der Waals surface area contributed by atoms with Gasteiger partial charge in [-0.25, -0.2) is 9.97 Å². The zero-order valence-corrected chi connectivity index (χ0v) is 14.2. The predicted octanol–water partition coefficient (Wildman–Crippen LogP) is 3.76. The molecule has 1 amide bonds. The highest BCUT2D eigenvalue weighted by Crippen LogP contribution is 2.29. The van der Waals surface area contributed by atoms with Gasteiger partial charge in [-0.2, -0.15) is 0 Å². The summed E-state index contributed by atoms with van der Waals surface area (Å²) in [5.74, 6) is 0.530. The number of carbonyl (C=O) groups excluding carboxylic acids is 1. The first-order valence-corrected chi connectivity index (χ1v) is 8.37. The second-order valence-electron chi connectivity index (χ2n) is 5.15. The lowest BCUT2D eigenvalue weighted by atomic mass is 10.2. The van der Waals surface area contributed by atoms with Crippen molar-refractivity contribution in [3.8, 4) is 5.75 Å². The lowest BCUT2D eigenvalue weighted by Gasteiger charge is -2.14. The number of thioether (sulfide) groups is 1. The van der Waals surface area contributed by atoms with E-state index in [0.717, 1.165) is 15.9 Å². The summed E-state index contributed by atoms with van der Waals surface area (Å²) in [6, 6.07) is 15.1. The molecule has 0 fully saturated rings. The van der Waals surface area contributed by atoms with Gasteiger partial charge >= 0.3 is 0 Å². The number of methoxy groups -OCH3 is 1. The number of anilines is 1. The summed E-state index contributed by atoms with van der Waals surface area (Å²) in [5, 5.41) is 4.33. The van der Waals surface area contributed by atoms with Crippen LogP contribution in [0.2, 0.25) is 0 Å². The molecule has 1 unspecified atom stereocenters. The van der Waals surface area contributed by atoms with Crippen molar-refractivity contribution in [2.45, 2.75) is 17.2 Å². The molecule has 3 aromatic rings. The maximum absolute atomic E-state index is 12.5. The van der Waals surface area contributed by atoms with E-state index in [1.54, 1.807) is 7.11 Å². The van der Waals surface area contributed by atoms with Crippen molar-refractivity contribution in [2.24, 2.45) is 0 Å². The highest BCUT2D eigenvalue weighted by Gasteiger charge is 2.18. The first kappa shape index (κ1) is 16.3. The van der Waals surface area contributed by atoms with E-state index in [-0.39, 0.29) is 11.2 Å². The summed E-state index contributed by atoms with van der Waals surface area (Å²) in [6.07, 6.45) is 1.52. The molecule has 1 aromatic heterocycles. The van der Waals surface area contributed by atoms with Gasteiger partial charge in [0.15, 0.2) is 0 Å². The molecule has 0 spiro atoms. The molecule has 1 atom stereocenters. The Bertz CT molecular complexity index is 864. The Kier molecular flexibility index (Phi) is 4.96. The molecule has 0 bridgehead atoms. The number of fused-ring (bicyclic) bond motifs is 1. The minimum absolute atomic E-state index is 0.104. The van der Waals surface area contributed by atoms with Crippen LogP contribution in [0.5, 0.6) is 5.75 Å². The lowest BCUT2D eigenvalue weighted by molar-refractivity contribution is -0.115. The van der Waals surface area contributed by atoms with Crippen molar-refractivity contribution in [3.05, 3.63) is 54.9 Å². The molecule has 0 saturated heterocycles. The summed E-state index contributed by atoms with van der Waals surface area (Å²) < 4.78 is 5.26. The van der Waals surface area contributed by atoms with Crippen molar-refractivity contribution >= 4 is 34.3 Å². The zero-order chi connectivity index (χ0) is 16.9. The second-order valence-corrected chi connectivity index (χ2v) is 6.48. The van der Waals surface area contributed by atoms with Crippen molar-refractivity contribution in [1.82, 2.24) is 9.97 Å². The van der Waals surface area contributed by atoms with E-state index in [9.17, 15) is 4.79 Å². The van der Waals surface area contributed by atoms with Crippen LogP contribution in [0.3, 0.4) is 0 Å². The summed E-state index contributed by atoms with van der Waals surface area (Å²) in [5.41, 5.74) is 1.53. The Morgan fingerprint density at radius 3 is 2.71 bits per heavy atom. The number of rotatable bonds is 5. The molecule has 2 aromatic carbocycles. The van der Waals surface area contributed by atoms with Gasteiger partial charge in [-0.1, -0.05) is 42.1 Å². The van der Waals surface area contributed by atoms with E-state index < -0.39 is 0 Å². The van der Waals surface area contributed by atoms with Crippen molar-refractivity contribution < 1.29 is 9.53 Å². The smallest absolute Gasteiger partial charge is 0.237 e. The average Bonchev–Trinajstić information content (AvgIpc) is 2.62. The standard InChI is InChI=1S/C18H17N3O2S/c1-12(17(22)21-15-9-5-6-10-16(15)23-2)24-18-13-7-3-4-8-14(13)19-11-20-18/h3-12H,1-2H3,(H,21,22). The Balaban J connectivity index is 1.76. The van der Waals surface area contributed by atoms with Gasteiger partial charge in [0.1, 0.15) is 17.1 Å². The monoisotopic (exact) mass is 339 g/mol. The number of hydrogen-bond donors (Lipinski definition) is 1. The molecule has 0 aliphatic heterocycles. The number of aromatic nitrogens is 2. The molecule has 3 rings (SSSR count). The van der Waals surface area contributed by atoms with Gasteiger partial charge in [0.2, 0.25) is 5.91 Å². The van der Waals surface area contributed by atoms with Gasteiger partial charge in [-0.15, -0.1) is 0 Å². The van der Waals surface area contributed by atoms with Gasteiger partial charge in [-0.3, -0.25) is 4.79 Å².